The van der Waals surface area contributed by atoms with Crippen molar-refractivity contribution in [1.82, 2.24) is 0 Å². The highest BCUT2D eigenvalue weighted by atomic mass is 35.5. The first-order valence-corrected chi connectivity index (χ1v) is 4.84. The van der Waals surface area contributed by atoms with E-state index in [1.54, 1.807) is 13.8 Å². The maximum absolute atomic E-state index is 13.0. The summed E-state index contributed by atoms with van der Waals surface area (Å²) in [4.78, 5) is 0. The fourth-order valence-electron chi connectivity index (χ4n) is 1.34. The van der Waals surface area contributed by atoms with Gasteiger partial charge in [-0.2, -0.15) is 22.0 Å². The molecular formula is C11H13ClF5N. The third-order valence-corrected chi connectivity index (χ3v) is 2.66. The second-order valence-corrected chi connectivity index (χ2v) is 3.94. The van der Waals surface area contributed by atoms with E-state index in [-0.39, 0.29) is 18.0 Å². The fraction of sp³-hybridized carbons (Fsp3) is 0.455. The van der Waals surface area contributed by atoms with Gasteiger partial charge in [0, 0.05) is 0 Å². The average molecular weight is 290 g/mol. The Morgan fingerprint density at radius 3 is 1.89 bits per heavy atom. The number of halogens is 6. The number of hydrogen-bond donors (Lipinski definition) is 1. The first kappa shape index (κ1) is 17.1. The Balaban J connectivity index is 0.00000289. The molecule has 0 saturated carbocycles. The summed E-state index contributed by atoms with van der Waals surface area (Å²) in [6.07, 6.45) is -5.65. The van der Waals surface area contributed by atoms with Crippen molar-refractivity contribution < 1.29 is 22.0 Å². The topological polar surface area (TPSA) is 26.0 Å². The Bertz CT molecular complexity index is 416. The normalized spacial score (nSPS) is 14.0. The maximum Gasteiger partial charge on any atom is 0.455 e. The van der Waals surface area contributed by atoms with Crippen LogP contribution in [0.15, 0.2) is 18.2 Å². The van der Waals surface area contributed by atoms with E-state index in [1.807, 2.05) is 0 Å². The lowest BCUT2D eigenvalue weighted by molar-refractivity contribution is -0.291. The molecule has 0 aliphatic carbocycles. The molecule has 0 aliphatic rings. The van der Waals surface area contributed by atoms with Crippen molar-refractivity contribution in [2.45, 2.75) is 32.0 Å². The molecule has 0 spiro atoms. The molecule has 7 heteroatoms. The van der Waals surface area contributed by atoms with Crippen molar-refractivity contribution in [3.63, 3.8) is 0 Å². The van der Waals surface area contributed by atoms with Gasteiger partial charge in [-0.3, -0.25) is 0 Å². The summed E-state index contributed by atoms with van der Waals surface area (Å²) in [5, 5.41) is 0. The van der Waals surface area contributed by atoms with Gasteiger partial charge in [0.05, 0.1) is 0 Å². The van der Waals surface area contributed by atoms with E-state index < -0.39 is 18.1 Å². The molecule has 0 saturated heterocycles. The quantitative estimate of drug-likeness (QED) is 0.821. The summed E-state index contributed by atoms with van der Waals surface area (Å²) >= 11 is 0. The Hall–Kier alpha value is -0.880. The number of alkyl halides is 5. The Morgan fingerprint density at radius 1 is 1.00 bits per heavy atom. The lowest BCUT2D eigenvalue weighted by Crippen LogP contribution is -2.45. The molecule has 0 heterocycles. The minimum absolute atomic E-state index is 0. The van der Waals surface area contributed by atoms with E-state index >= 15 is 0 Å². The van der Waals surface area contributed by atoms with Gasteiger partial charge in [-0.05, 0) is 30.5 Å². The van der Waals surface area contributed by atoms with Gasteiger partial charge in [-0.25, -0.2) is 0 Å². The van der Waals surface area contributed by atoms with E-state index in [4.69, 9.17) is 5.73 Å². The Kier molecular flexibility index (Phi) is 5.14. The molecule has 0 unspecified atom stereocenters. The average Bonchev–Trinajstić information content (AvgIpc) is 2.19. The highest BCUT2D eigenvalue weighted by Gasteiger charge is 2.61. The van der Waals surface area contributed by atoms with Crippen LogP contribution in [0, 0.1) is 13.8 Å². The van der Waals surface area contributed by atoms with Gasteiger partial charge in [0.15, 0.2) is 0 Å². The monoisotopic (exact) mass is 289 g/mol. The van der Waals surface area contributed by atoms with Crippen molar-refractivity contribution in [3.05, 3.63) is 34.9 Å². The number of nitrogens with two attached hydrogens (primary N) is 1. The van der Waals surface area contributed by atoms with Crippen LogP contribution in [0.1, 0.15) is 22.7 Å². The fourth-order valence-corrected chi connectivity index (χ4v) is 1.34. The highest BCUT2D eigenvalue weighted by Crippen LogP contribution is 2.43. The van der Waals surface area contributed by atoms with Gasteiger partial charge in [-0.1, -0.05) is 18.2 Å². The smallest absolute Gasteiger partial charge is 0.319 e. The number of rotatable bonds is 2. The third-order valence-electron chi connectivity index (χ3n) is 2.66. The molecule has 1 atom stereocenters. The highest BCUT2D eigenvalue weighted by molar-refractivity contribution is 5.85. The summed E-state index contributed by atoms with van der Waals surface area (Å²) in [7, 11) is 0. The van der Waals surface area contributed by atoms with E-state index in [9.17, 15) is 22.0 Å². The Morgan fingerprint density at radius 2 is 1.50 bits per heavy atom. The maximum atomic E-state index is 13.0. The molecule has 18 heavy (non-hydrogen) atoms. The van der Waals surface area contributed by atoms with Crippen LogP contribution in [-0.4, -0.2) is 12.1 Å². The predicted molar refractivity (Wildman–Crippen MR) is 61.1 cm³/mol. The summed E-state index contributed by atoms with van der Waals surface area (Å²) in [5.74, 6) is -4.94. The molecule has 1 aromatic carbocycles. The van der Waals surface area contributed by atoms with E-state index in [0.29, 0.717) is 5.56 Å². The van der Waals surface area contributed by atoms with Crippen molar-refractivity contribution in [1.29, 1.82) is 0 Å². The standard InChI is InChI=1S/C11H12F5N.ClH/c1-6-3-4-8(5-7(6)2)9(17)10(12,13)11(14,15)16;/h3-5,9H,17H2,1-2H3;1H/t9-;/m1./s1. The molecule has 0 aliphatic heterocycles. The van der Waals surface area contributed by atoms with Crippen molar-refractivity contribution >= 4 is 12.4 Å². The molecule has 0 fully saturated rings. The van der Waals surface area contributed by atoms with Crippen LogP contribution in [0.5, 0.6) is 0 Å². The van der Waals surface area contributed by atoms with Gasteiger partial charge < -0.3 is 5.73 Å². The number of aryl methyl sites for hydroxylation is 2. The lowest BCUT2D eigenvalue weighted by Gasteiger charge is -2.26. The zero-order valence-electron chi connectivity index (χ0n) is 9.68. The zero-order chi connectivity index (χ0) is 13.4. The third kappa shape index (κ3) is 3.11. The zero-order valence-corrected chi connectivity index (χ0v) is 10.5. The SMILES string of the molecule is Cc1ccc([C@@H](N)C(F)(F)C(F)(F)F)cc1C.Cl. The molecule has 2 N–H and O–H groups in total. The molecule has 0 radical (unpaired) electrons. The second kappa shape index (κ2) is 5.40. The van der Waals surface area contributed by atoms with Crippen molar-refractivity contribution in [3.8, 4) is 0 Å². The van der Waals surface area contributed by atoms with Crippen LogP contribution in [0.25, 0.3) is 0 Å². The number of hydrogen-bond acceptors (Lipinski definition) is 1. The van der Waals surface area contributed by atoms with Gasteiger partial charge >= 0.3 is 12.1 Å². The molecular weight excluding hydrogens is 277 g/mol. The van der Waals surface area contributed by atoms with E-state index in [1.165, 1.54) is 18.2 Å². The van der Waals surface area contributed by atoms with Crippen LogP contribution in [0.2, 0.25) is 0 Å². The van der Waals surface area contributed by atoms with Crippen LogP contribution >= 0.6 is 12.4 Å². The molecule has 1 aromatic rings. The van der Waals surface area contributed by atoms with Gasteiger partial charge in [0.25, 0.3) is 0 Å². The first-order valence-electron chi connectivity index (χ1n) is 4.84. The summed E-state index contributed by atoms with van der Waals surface area (Å²) in [6.45, 7) is 3.35. The number of benzene rings is 1. The molecule has 1 nitrogen and oxygen atoms in total. The van der Waals surface area contributed by atoms with Crippen LogP contribution in [0.3, 0.4) is 0 Å². The summed E-state index contributed by atoms with van der Waals surface area (Å²) < 4.78 is 62.3. The van der Waals surface area contributed by atoms with Gasteiger partial charge in [-0.15, -0.1) is 12.4 Å². The molecule has 104 valence electrons. The van der Waals surface area contributed by atoms with Gasteiger partial charge in [0.1, 0.15) is 6.04 Å². The largest absolute Gasteiger partial charge is 0.455 e. The minimum Gasteiger partial charge on any atom is -0.319 e. The molecule has 0 aromatic heterocycles. The Labute approximate surface area is 108 Å². The van der Waals surface area contributed by atoms with Gasteiger partial charge in [0.2, 0.25) is 0 Å². The van der Waals surface area contributed by atoms with E-state index in [0.717, 1.165) is 5.56 Å². The summed E-state index contributed by atoms with van der Waals surface area (Å²) in [6, 6.07) is 1.52. The molecule has 1 rings (SSSR count). The van der Waals surface area contributed by atoms with E-state index in [2.05, 4.69) is 0 Å². The van der Waals surface area contributed by atoms with Crippen molar-refractivity contribution in [2.24, 2.45) is 5.73 Å². The summed E-state index contributed by atoms with van der Waals surface area (Å²) in [5.41, 5.74) is 6.20. The first-order chi connectivity index (χ1) is 7.57. The second-order valence-electron chi connectivity index (χ2n) is 3.94. The van der Waals surface area contributed by atoms with Crippen molar-refractivity contribution in [2.75, 3.05) is 0 Å². The lowest BCUT2D eigenvalue weighted by atomic mass is 9.97. The van der Waals surface area contributed by atoms with Crippen LogP contribution in [-0.2, 0) is 0 Å². The molecule has 0 amide bonds. The minimum atomic E-state index is -5.65. The predicted octanol–water partition coefficient (Wildman–Crippen LogP) is 3.92. The molecule has 0 bridgehead atoms. The van der Waals surface area contributed by atoms with Crippen LogP contribution in [0.4, 0.5) is 22.0 Å². The van der Waals surface area contributed by atoms with Crippen LogP contribution < -0.4 is 5.73 Å².